The summed E-state index contributed by atoms with van der Waals surface area (Å²) in [4.78, 5) is 0. The van der Waals surface area contributed by atoms with Crippen molar-refractivity contribution in [2.24, 2.45) is 0 Å². The fraction of sp³-hybridized carbons (Fsp3) is 0.164. The summed E-state index contributed by atoms with van der Waals surface area (Å²) in [5, 5.41) is 1.47. The molecule has 2 nitrogen and oxygen atoms in total. The summed E-state index contributed by atoms with van der Waals surface area (Å²) in [6.07, 6.45) is 3.12. The van der Waals surface area contributed by atoms with E-state index in [0.29, 0.717) is 0 Å². The van der Waals surface area contributed by atoms with Gasteiger partial charge in [-0.2, -0.15) is 9.13 Å². The fourth-order valence-corrected chi connectivity index (χ4v) is 8.35. The molecule has 0 unspecified atom stereocenters. The van der Waals surface area contributed by atoms with Crippen LogP contribution in [0.3, 0.4) is 0 Å². The molecule has 0 saturated heterocycles. The fourth-order valence-electron chi connectivity index (χ4n) is 7.97. The van der Waals surface area contributed by atoms with Gasteiger partial charge in [0.15, 0.2) is 0 Å². The summed E-state index contributed by atoms with van der Waals surface area (Å²) >= 11 is 13.1. The Morgan fingerprint density at radius 1 is 0.305 bits per heavy atom. The number of nitrogens with zero attached hydrogens (tertiary/aromatic N) is 2. The Morgan fingerprint density at radius 3 is 0.864 bits per heavy atom. The van der Waals surface area contributed by atoms with E-state index in [4.69, 9.17) is 23.2 Å². The van der Waals surface area contributed by atoms with Crippen molar-refractivity contribution in [2.45, 2.75) is 60.0 Å². The van der Waals surface area contributed by atoms with Crippen molar-refractivity contribution in [1.82, 2.24) is 0 Å². The highest BCUT2D eigenvalue weighted by Crippen LogP contribution is 2.33. The Balaban J connectivity index is 1.16. The molecule has 8 aromatic rings. The van der Waals surface area contributed by atoms with Crippen molar-refractivity contribution in [2.75, 3.05) is 0 Å². The largest absolute Gasteiger partial charge is 0.213 e. The number of unbranched alkanes of at least 4 members (excludes halogenated alkanes) is 2. The lowest BCUT2D eigenvalue weighted by Crippen LogP contribution is -2.40. The molecular weight excluding hydrogens is 760 g/mol. The third kappa shape index (κ3) is 9.42. The van der Waals surface area contributed by atoms with E-state index in [0.717, 1.165) is 64.7 Å². The SMILES string of the molecule is Cc1ccc(-c2cc(-c3cccc(Cl)c3)cc(-c3ccc(C)cc3)[n+]2CCCCC[n+]2c(-c3ccc(C)cc3)cc(-c3cccc(Cl)c3)cc2-c2ccc(C)cc2)cc1. The molecule has 6 aromatic carbocycles. The predicted octanol–water partition coefficient (Wildman–Crippen LogP) is 14.7. The molecule has 59 heavy (non-hydrogen) atoms. The summed E-state index contributed by atoms with van der Waals surface area (Å²) < 4.78 is 5.07. The molecular formula is C55H50Cl2N2+2. The van der Waals surface area contributed by atoms with Gasteiger partial charge in [0.25, 0.3) is 0 Å². The normalized spacial score (nSPS) is 11.2. The van der Waals surface area contributed by atoms with Crippen molar-refractivity contribution < 1.29 is 9.13 Å². The number of halogens is 2. The number of hydrogen-bond acceptors (Lipinski definition) is 0. The molecule has 0 N–H and O–H groups in total. The molecule has 0 amide bonds. The molecule has 8 rings (SSSR count). The van der Waals surface area contributed by atoms with Gasteiger partial charge in [-0.15, -0.1) is 0 Å². The van der Waals surface area contributed by atoms with E-state index >= 15 is 0 Å². The number of rotatable bonds is 12. The molecule has 0 saturated carbocycles. The molecule has 0 spiro atoms. The molecule has 0 bridgehead atoms. The molecule has 4 heteroatoms. The van der Waals surface area contributed by atoms with Crippen molar-refractivity contribution in [3.63, 3.8) is 0 Å². The first-order valence-corrected chi connectivity index (χ1v) is 21.4. The molecule has 0 fully saturated rings. The number of hydrogen-bond donors (Lipinski definition) is 0. The van der Waals surface area contributed by atoms with Gasteiger partial charge in [0.2, 0.25) is 22.8 Å². The zero-order valence-electron chi connectivity index (χ0n) is 34.4. The maximum absolute atomic E-state index is 6.55. The Hall–Kier alpha value is -5.80. The van der Waals surface area contributed by atoms with E-state index in [9.17, 15) is 0 Å². The summed E-state index contributed by atoms with van der Waals surface area (Å²) in [5.41, 5.74) is 19.1. The molecule has 0 aliphatic heterocycles. The Kier molecular flexibility index (Phi) is 12.2. The lowest BCUT2D eigenvalue weighted by atomic mass is 9.97. The van der Waals surface area contributed by atoms with Gasteiger partial charge >= 0.3 is 0 Å². The third-order valence-corrected chi connectivity index (χ3v) is 11.8. The van der Waals surface area contributed by atoms with Crippen LogP contribution in [0.2, 0.25) is 10.0 Å². The summed E-state index contributed by atoms with van der Waals surface area (Å²) in [6.45, 7) is 10.4. The van der Waals surface area contributed by atoms with Gasteiger partial charge in [-0.05, 0) is 129 Å². The van der Waals surface area contributed by atoms with E-state index in [-0.39, 0.29) is 0 Å². The van der Waals surface area contributed by atoms with E-state index in [2.05, 4.69) is 182 Å². The van der Waals surface area contributed by atoms with Crippen LogP contribution in [0.4, 0.5) is 0 Å². The van der Waals surface area contributed by atoms with Crippen LogP contribution in [0.5, 0.6) is 0 Å². The average Bonchev–Trinajstić information content (AvgIpc) is 3.24. The second-order valence-electron chi connectivity index (χ2n) is 15.9. The topological polar surface area (TPSA) is 7.76 Å². The highest BCUT2D eigenvalue weighted by Gasteiger charge is 2.25. The molecule has 0 aliphatic rings. The Labute approximate surface area is 360 Å². The first-order chi connectivity index (χ1) is 28.7. The predicted molar refractivity (Wildman–Crippen MR) is 249 cm³/mol. The van der Waals surface area contributed by atoms with Gasteiger partial charge in [-0.25, -0.2) is 0 Å². The molecule has 0 radical (unpaired) electrons. The van der Waals surface area contributed by atoms with Crippen molar-refractivity contribution in [3.8, 4) is 67.3 Å². The summed E-state index contributed by atoms with van der Waals surface area (Å²) in [7, 11) is 0. The maximum Gasteiger partial charge on any atom is 0.213 e. The first-order valence-electron chi connectivity index (χ1n) is 20.6. The smallest absolute Gasteiger partial charge is 0.191 e. The zero-order valence-corrected chi connectivity index (χ0v) is 35.9. The number of benzene rings is 6. The van der Waals surface area contributed by atoms with E-state index in [1.807, 2.05) is 24.3 Å². The van der Waals surface area contributed by atoms with E-state index in [1.165, 1.54) is 67.3 Å². The minimum Gasteiger partial charge on any atom is -0.191 e. The highest BCUT2D eigenvalue weighted by molar-refractivity contribution is 6.31. The first kappa shape index (κ1) is 40.0. The van der Waals surface area contributed by atoms with Crippen LogP contribution >= 0.6 is 23.2 Å². The van der Waals surface area contributed by atoms with Crippen LogP contribution in [0.15, 0.2) is 170 Å². The van der Waals surface area contributed by atoms with Gasteiger partial charge < -0.3 is 0 Å². The number of aryl methyl sites for hydroxylation is 4. The minimum atomic E-state index is 0.737. The Morgan fingerprint density at radius 2 is 0.593 bits per heavy atom. The number of pyridine rings is 2. The maximum atomic E-state index is 6.55. The lowest BCUT2D eigenvalue weighted by molar-refractivity contribution is -0.679. The monoisotopic (exact) mass is 808 g/mol. The molecule has 0 aliphatic carbocycles. The van der Waals surface area contributed by atoms with Crippen LogP contribution in [0.1, 0.15) is 41.5 Å². The van der Waals surface area contributed by atoms with Crippen LogP contribution < -0.4 is 9.13 Å². The standard InChI is InChI=1S/C55H50Cl2N2/c1-38-14-22-42(23-15-38)52-34-48(46-10-8-12-50(56)32-46)35-53(43-24-16-39(2)17-25-43)58(52)30-6-5-7-31-59-54(44-26-18-40(3)19-27-44)36-49(47-11-9-13-51(57)33-47)37-55(59)45-28-20-41(4)21-29-45/h8-29,32-37H,5-7,30-31H2,1-4H3/q+2. The molecule has 292 valence electrons. The lowest BCUT2D eigenvalue weighted by Gasteiger charge is -2.14. The summed E-state index contributed by atoms with van der Waals surface area (Å²) in [6, 6.07) is 61.5. The van der Waals surface area contributed by atoms with E-state index < -0.39 is 0 Å². The van der Waals surface area contributed by atoms with Crippen molar-refractivity contribution in [1.29, 1.82) is 0 Å². The highest BCUT2D eigenvalue weighted by atomic mass is 35.5. The minimum absolute atomic E-state index is 0.737. The molecule has 2 heterocycles. The Bertz CT molecular complexity index is 2390. The van der Waals surface area contributed by atoms with Gasteiger partial charge in [0, 0.05) is 69.4 Å². The second kappa shape index (κ2) is 18.0. The van der Waals surface area contributed by atoms with Gasteiger partial charge in [-0.3, -0.25) is 0 Å². The second-order valence-corrected chi connectivity index (χ2v) is 16.8. The van der Waals surface area contributed by atoms with Crippen LogP contribution in [0, 0.1) is 27.7 Å². The van der Waals surface area contributed by atoms with Gasteiger partial charge in [-0.1, -0.05) is 118 Å². The quantitative estimate of drug-likeness (QED) is 0.0858. The molecule has 2 aromatic heterocycles. The van der Waals surface area contributed by atoms with Crippen LogP contribution in [-0.4, -0.2) is 0 Å². The average molecular weight is 810 g/mol. The third-order valence-electron chi connectivity index (χ3n) is 11.3. The number of aromatic nitrogens is 2. The summed E-state index contributed by atoms with van der Waals surface area (Å²) in [5.74, 6) is 0. The zero-order chi connectivity index (χ0) is 40.9. The molecule has 0 atom stereocenters. The van der Waals surface area contributed by atoms with Crippen LogP contribution in [-0.2, 0) is 13.1 Å². The van der Waals surface area contributed by atoms with Crippen LogP contribution in [0.25, 0.3) is 67.3 Å². The van der Waals surface area contributed by atoms with Crippen molar-refractivity contribution >= 4 is 23.2 Å². The van der Waals surface area contributed by atoms with E-state index in [1.54, 1.807) is 0 Å². The van der Waals surface area contributed by atoms with Gasteiger partial charge in [0.1, 0.15) is 13.1 Å². The van der Waals surface area contributed by atoms with Gasteiger partial charge in [0.05, 0.1) is 0 Å². The van der Waals surface area contributed by atoms with Crippen molar-refractivity contribution in [3.05, 3.63) is 202 Å².